The summed E-state index contributed by atoms with van der Waals surface area (Å²) in [6, 6.07) is 9.26. The van der Waals surface area contributed by atoms with Crippen molar-refractivity contribution < 1.29 is 24.2 Å². The van der Waals surface area contributed by atoms with Crippen molar-refractivity contribution in [2.45, 2.75) is 20.0 Å². The van der Waals surface area contributed by atoms with Gasteiger partial charge in [0.05, 0.1) is 12.7 Å². The summed E-state index contributed by atoms with van der Waals surface area (Å²) >= 11 is 0. The van der Waals surface area contributed by atoms with E-state index in [0.29, 0.717) is 11.3 Å². The van der Waals surface area contributed by atoms with Crippen LogP contribution in [-0.2, 0) is 14.3 Å². The Labute approximate surface area is 124 Å². The molecule has 0 aromatic heterocycles. The van der Waals surface area contributed by atoms with Crippen LogP contribution in [0.15, 0.2) is 54.6 Å². The topological polar surface area (TPSA) is 72.8 Å². The number of hydrogen-bond donors (Lipinski definition) is 1. The Bertz CT molecular complexity index is 493. The molecule has 1 rings (SSSR count). The maximum Gasteiger partial charge on any atom is 0.336 e. The zero-order valence-electron chi connectivity index (χ0n) is 12.5. The number of rotatable bonds is 5. The maximum absolute atomic E-state index is 11.1. The molecule has 0 heterocycles. The van der Waals surface area contributed by atoms with E-state index in [9.17, 15) is 9.59 Å². The molecule has 0 fully saturated rings. The van der Waals surface area contributed by atoms with Gasteiger partial charge in [-0.05, 0) is 26.0 Å². The van der Waals surface area contributed by atoms with E-state index in [2.05, 4.69) is 17.9 Å². The van der Waals surface area contributed by atoms with Gasteiger partial charge in [0.1, 0.15) is 11.9 Å². The second-order valence-corrected chi connectivity index (χ2v) is 4.18. The van der Waals surface area contributed by atoms with Crippen LogP contribution in [0.3, 0.4) is 0 Å². The summed E-state index contributed by atoms with van der Waals surface area (Å²) < 4.78 is 10.1. The van der Waals surface area contributed by atoms with Crippen LogP contribution in [0.4, 0.5) is 0 Å². The van der Waals surface area contributed by atoms with Crippen molar-refractivity contribution in [2.75, 3.05) is 7.11 Å². The molecule has 0 bridgehead atoms. The Morgan fingerprint density at radius 3 is 2.05 bits per heavy atom. The second-order valence-electron chi connectivity index (χ2n) is 4.18. The van der Waals surface area contributed by atoms with Gasteiger partial charge in [-0.25, -0.2) is 9.59 Å². The molecule has 114 valence electrons. The third-order valence-corrected chi connectivity index (χ3v) is 2.36. The van der Waals surface area contributed by atoms with E-state index in [4.69, 9.17) is 9.84 Å². The number of carboxylic acid groups (broad SMARTS) is 1. The van der Waals surface area contributed by atoms with Gasteiger partial charge in [0, 0.05) is 5.57 Å². The second kappa shape index (κ2) is 9.36. The highest BCUT2D eigenvalue weighted by Crippen LogP contribution is 2.14. The van der Waals surface area contributed by atoms with Crippen molar-refractivity contribution in [3.63, 3.8) is 0 Å². The van der Waals surface area contributed by atoms with Gasteiger partial charge in [0.2, 0.25) is 0 Å². The lowest BCUT2D eigenvalue weighted by Crippen LogP contribution is -2.21. The predicted octanol–water partition coefficient (Wildman–Crippen LogP) is 2.83. The Kier molecular flexibility index (Phi) is 8.22. The minimum atomic E-state index is -0.935. The molecular weight excluding hydrogens is 272 g/mol. The molecule has 5 heteroatoms. The average molecular weight is 292 g/mol. The standard InChI is InChI=1S/C12H14O3.C4H6O2/c1-9(12(13)14-3)10(2)15-11-7-5-4-6-8-11;1-3(2)4(5)6/h4-8,10H,1H2,2-3H3;1H2,2H3,(H,5,6). The lowest BCUT2D eigenvalue weighted by Gasteiger charge is -2.15. The summed E-state index contributed by atoms with van der Waals surface area (Å²) in [6.45, 7) is 9.98. The number of benzene rings is 1. The lowest BCUT2D eigenvalue weighted by atomic mass is 10.2. The average Bonchev–Trinajstić information content (AvgIpc) is 2.47. The molecule has 0 radical (unpaired) electrons. The summed E-state index contributed by atoms with van der Waals surface area (Å²) in [5.41, 5.74) is 0.483. The van der Waals surface area contributed by atoms with E-state index >= 15 is 0 Å². The quantitative estimate of drug-likeness (QED) is 0.667. The van der Waals surface area contributed by atoms with E-state index in [-0.39, 0.29) is 11.7 Å². The highest BCUT2D eigenvalue weighted by molar-refractivity contribution is 5.88. The number of esters is 1. The van der Waals surface area contributed by atoms with Crippen LogP contribution in [0, 0.1) is 0 Å². The van der Waals surface area contributed by atoms with Crippen molar-refractivity contribution in [1.29, 1.82) is 0 Å². The van der Waals surface area contributed by atoms with Crippen molar-refractivity contribution in [3.05, 3.63) is 54.6 Å². The van der Waals surface area contributed by atoms with Gasteiger partial charge in [0.15, 0.2) is 0 Å². The molecule has 0 spiro atoms. The van der Waals surface area contributed by atoms with Gasteiger partial charge in [-0.15, -0.1) is 0 Å². The molecule has 1 N–H and O–H groups in total. The van der Waals surface area contributed by atoms with E-state index in [1.165, 1.54) is 14.0 Å². The largest absolute Gasteiger partial charge is 0.486 e. The Morgan fingerprint density at radius 2 is 1.67 bits per heavy atom. The number of methoxy groups -OCH3 is 1. The summed E-state index contributed by atoms with van der Waals surface area (Å²) in [7, 11) is 1.32. The molecule has 21 heavy (non-hydrogen) atoms. The highest BCUT2D eigenvalue weighted by atomic mass is 16.5. The number of carboxylic acids is 1. The molecule has 1 aromatic rings. The number of hydrogen-bond acceptors (Lipinski definition) is 4. The van der Waals surface area contributed by atoms with E-state index < -0.39 is 11.9 Å². The molecule has 1 unspecified atom stereocenters. The van der Waals surface area contributed by atoms with Crippen LogP contribution < -0.4 is 4.74 Å². The molecule has 1 aromatic carbocycles. The van der Waals surface area contributed by atoms with Crippen LogP contribution in [0.2, 0.25) is 0 Å². The molecule has 0 aliphatic heterocycles. The molecular formula is C16H20O5. The Hall–Kier alpha value is -2.56. The van der Waals surface area contributed by atoms with Gasteiger partial charge in [-0.2, -0.15) is 0 Å². The Balaban J connectivity index is 0.000000567. The normalized spacial score (nSPS) is 10.4. The predicted molar refractivity (Wildman–Crippen MR) is 80.1 cm³/mol. The molecule has 0 aliphatic carbocycles. The van der Waals surface area contributed by atoms with Gasteiger partial charge in [0.25, 0.3) is 0 Å². The lowest BCUT2D eigenvalue weighted by molar-refractivity contribution is -0.137. The zero-order valence-corrected chi connectivity index (χ0v) is 12.5. The first-order valence-electron chi connectivity index (χ1n) is 6.17. The van der Waals surface area contributed by atoms with Gasteiger partial charge < -0.3 is 14.6 Å². The van der Waals surface area contributed by atoms with E-state index in [0.717, 1.165) is 0 Å². The molecule has 0 saturated heterocycles. The first-order valence-corrected chi connectivity index (χ1v) is 6.17. The van der Waals surface area contributed by atoms with Crippen molar-refractivity contribution >= 4 is 11.9 Å². The van der Waals surface area contributed by atoms with Crippen molar-refractivity contribution in [3.8, 4) is 5.75 Å². The first-order chi connectivity index (χ1) is 9.79. The number of aliphatic carboxylic acids is 1. The van der Waals surface area contributed by atoms with Crippen LogP contribution in [-0.4, -0.2) is 30.3 Å². The summed E-state index contributed by atoms with van der Waals surface area (Å²) in [6.07, 6.45) is -0.389. The van der Waals surface area contributed by atoms with Gasteiger partial charge in [-0.1, -0.05) is 31.4 Å². The molecule has 0 saturated carbocycles. The third-order valence-electron chi connectivity index (χ3n) is 2.36. The van der Waals surface area contributed by atoms with Crippen LogP contribution >= 0.6 is 0 Å². The van der Waals surface area contributed by atoms with Gasteiger partial charge >= 0.3 is 11.9 Å². The molecule has 0 amide bonds. The number of ether oxygens (including phenoxy) is 2. The minimum absolute atomic E-state index is 0.176. The van der Waals surface area contributed by atoms with Gasteiger partial charge in [-0.3, -0.25) is 0 Å². The smallest absolute Gasteiger partial charge is 0.336 e. The zero-order chi connectivity index (χ0) is 16.4. The van der Waals surface area contributed by atoms with E-state index in [1.54, 1.807) is 6.92 Å². The minimum Gasteiger partial charge on any atom is -0.486 e. The van der Waals surface area contributed by atoms with Crippen molar-refractivity contribution in [1.82, 2.24) is 0 Å². The maximum atomic E-state index is 11.1. The third kappa shape index (κ3) is 7.57. The molecule has 0 aliphatic rings. The molecule has 5 nitrogen and oxygen atoms in total. The van der Waals surface area contributed by atoms with Crippen LogP contribution in [0.5, 0.6) is 5.75 Å². The summed E-state index contributed by atoms with van der Waals surface area (Å²) in [5.74, 6) is -0.677. The SMILES string of the molecule is C=C(C(=O)OC)C(C)Oc1ccccc1.C=C(C)C(=O)O. The number of carbonyl (C=O) groups excluding carboxylic acids is 1. The summed E-state index contributed by atoms with van der Waals surface area (Å²) in [4.78, 5) is 20.7. The number of para-hydroxylation sites is 1. The number of carbonyl (C=O) groups is 2. The van der Waals surface area contributed by atoms with Crippen LogP contribution in [0.1, 0.15) is 13.8 Å². The monoisotopic (exact) mass is 292 g/mol. The fourth-order valence-corrected chi connectivity index (χ4v) is 1.07. The van der Waals surface area contributed by atoms with Crippen molar-refractivity contribution in [2.24, 2.45) is 0 Å². The van der Waals surface area contributed by atoms with Crippen LogP contribution in [0.25, 0.3) is 0 Å². The molecule has 1 atom stereocenters. The Morgan fingerprint density at radius 1 is 1.19 bits per heavy atom. The fraction of sp³-hybridized carbons (Fsp3) is 0.250. The summed E-state index contributed by atoms with van der Waals surface area (Å²) in [5, 5.41) is 7.89. The van der Waals surface area contributed by atoms with E-state index in [1.807, 2.05) is 30.3 Å². The first kappa shape index (κ1) is 18.4. The fourth-order valence-electron chi connectivity index (χ4n) is 1.07. The highest BCUT2D eigenvalue weighted by Gasteiger charge is 2.16.